The standard InChI is InChI=1S/C19H20ClF2NO4/c1-27-8-2-3-13-12(6-7-14(23-13)19(20,21)22)18(26)15-16(24)10-4-5-11(9-10)17(15)25/h6-7,10-11,15H,2-5,8-9H2,1H3. The molecule has 0 saturated heterocycles. The van der Waals surface area contributed by atoms with Gasteiger partial charge in [0, 0.05) is 31.1 Å². The van der Waals surface area contributed by atoms with Crippen LogP contribution in [0.4, 0.5) is 8.78 Å². The molecule has 2 bridgehead atoms. The van der Waals surface area contributed by atoms with Crippen molar-refractivity contribution in [2.24, 2.45) is 17.8 Å². The first kappa shape index (κ1) is 20.0. The van der Waals surface area contributed by atoms with Crippen molar-refractivity contribution in [3.8, 4) is 0 Å². The van der Waals surface area contributed by atoms with Gasteiger partial charge in [0.2, 0.25) is 0 Å². The Morgan fingerprint density at radius 1 is 1.26 bits per heavy atom. The van der Waals surface area contributed by atoms with E-state index in [4.69, 9.17) is 16.3 Å². The van der Waals surface area contributed by atoms with Crippen molar-refractivity contribution in [3.05, 3.63) is 29.1 Å². The van der Waals surface area contributed by atoms with Crippen LogP contribution >= 0.6 is 11.6 Å². The number of aromatic nitrogens is 1. The first-order chi connectivity index (χ1) is 12.7. The average molecular weight is 400 g/mol. The molecule has 2 saturated carbocycles. The Kier molecular flexibility index (Phi) is 5.72. The number of Topliss-reactive ketones (excluding diaryl/α,β-unsaturated/α-hetero) is 3. The maximum atomic E-state index is 13.4. The van der Waals surface area contributed by atoms with Gasteiger partial charge in [-0.05, 0) is 55.8 Å². The Bertz CT molecular complexity index is 755. The number of nitrogens with zero attached hydrogens (tertiary/aromatic N) is 1. The van der Waals surface area contributed by atoms with Gasteiger partial charge < -0.3 is 4.74 Å². The van der Waals surface area contributed by atoms with E-state index in [0.717, 1.165) is 6.07 Å². The zero-order valence-electron chi connectivity index (χ0n) is 14.8. The van der Waals surface area contributed by atoms with E-state index < -0.39 is 22.8 Å². The van der Waals surface area contributed by atoms with Crippen LogP contribution in [0, 0.1) is 17.8 Å². The van der Waals surface area contributed by atoms with Crippen molar-refractivity contribution in [1.29, 1.82) is 0 Å². The number of fused-ring (bicyclic) bond motifs is 2. The predicted octanol–water partition coefficient (Wildman–Crippen LogP) is 3.32. The third-order valence-corrected chi connectivity index (χ3v) is 5.55. The second-order valence-electron chi connectivity index (χ2n) is 7.09. The lowest BCUT2D eigenvalue weighted by atomic mass is 9.75. The molecule has 0 spiro atoms. The van der Waals surface area contributed by atoms with Crippen molar-refractivity contribution in [2.45, 2.75) is 37.5 Å². The van der Waals surface area contributed by atoms with E-state index in [9.17, 15) is 23.2 Å². The Morgan fingerprint density at radius 2 is 1.89 bits per heavy atom. The van der Waals surface area contributed by atoms with Crippen molar-refractivity contribution in [2.75, 3.05) is 13.7 Å². The fourth-order valence-electron chi connectivity index (χ4n) is 3.98. The van der Waals surface area contributed by atoms with E-state index in [1.54, 1.807) is 0 Å². The van der Waals surface area contributed by atoms with Gasteiger partial charge in [0.1, 0.15) is 11.6 Å². The van der Waals surface area contributed by atoms with Crippen LogP contribution in [-0.2, 0) is 26.1 Å². The molecule has 0 amide bonds. The molecule has 2 unspecified atom stereocenters. The van der Waals surface area contributed by atoms with Gasteiger partial charge >= 0.3 is 5.38 Å². The number of ether oxygens (including phenoxy) is 1. The van der Waals surface area contributed by atoms with E-state index in [1.807, 2.05) is 0 Å². The summed E-state index contributed by atoms with van der Waals surface area (Å²) in [7, 11) is 1.50. The second-order valence-corrected chi connectivity index (χ2v) is 7.57. The molecule has 146 valence electrons. The molecule has 5 nitrogen and oxygen atoms in total. The van der Waals surface area contributed by atoms with Gasteiger partial charge in [0.05, 0.1) is 5.69 Å². The van der Waals surface area contributed by atoms with Crippen LogP contribution in [0.15, 0.2) is 12.1 Å². The number of alkyl halides is 3. The maximum absolute atomic E-state index is 13.4. The number of aryl methyl sites for hydroxylation is 1. The summed E-state index contributed by atoms with van der Waals surface area (Å²) in [6.07, 6.45) is 2.39. The molecular weight excluding hydrogens is 380 g/mol. The number of methoxy groups -OCH3 is 1. The molecule has 0 aromatic carbocycles. The molecule has 1 aromatic rings. The number of carbonyl (C=O) groups is 3. The van der Waals surface area contributed by atoms with Gasteiger partial charge in [-0.1, -0.05) is 0 Å². The lowest BCUT2D eigenvalue weighted by Gasteiger charge is -2.25. The van der Waals surface area contributed by atoms with Crippen LogP contribution in [0.25, 0.3) is 0 Å². The zero-order valence-corrected chi connectivity index (χ0v) is 15.6. The van der Waals surface area contributed by atoms with Crippen molar-refractivity contribution in [1.82, 2.24) is 4.98 Å². The molecule has 1 heterocycles. The molecule has 0 aliphatic heterocycles. The Labute approximate surface area is 160 Å². The van der Waals surface area contributed by atoms with Crippen molar-refractivity contribution < 1.29 is 27.9 Å². The molecular formula is C19H20ClF2NO4. The number of rotatable bonds is 7. The summed E-state index contributed by atoms with van der Waals surface area (Å²) >= 11 is 5.05. The minimum atomic E-state index is -3.67. The van der Waals surface area contributed by atoms with Gasteiger partial charge in [0.15, 0.2) is 17.3 Å². The number of carbonyl (C=O) groups excluding carboxylic acids is 3. The smallest absolute Gasteiger partial charge is 0.364 e. The summed E-state index contributed by atoms with van der Waals surface area (Å²) in [6, 6.07) is 2.16. The molecule has 2 fully saturated rings. The van der Waals surface area contributed by atoms with Crippen molar-refractivity contribution >= 4 is 29.0 Å². The molecule has 8 heteroatoms. The second kappa shape index (κ2) is 7.72. The van der Waals surface area contributed by atoms with Gasteiger partial charge in [-0.25, -0.2) is 4.98 Å². The van der Waals surface area contributed by atoms with Crippen LogP contribution in [0.5, 0.6) is 0 Å². The summed E-state index contributed by atoms with van der Waals surface area (Å²) < 4.78 is 31.8. The highest BCUT2D eigenvalue weighted by Crippen LogP contribution is 2.41. The van der Waals surface area contributed by atoms with E-state index in [1.165, 1.54) is 13.2 Å². The maximum Gasteiger partial charge on any atom is 0.364 e. The number of pyridine rings is 1. The predicted molar refractivity (Wildman–Crippen MR) is 92.8 cm³/mol. The summed E-state index contributed by atoms with van der Waals surface area (Å²) in [6.45, 7) is 0.349. The Balaban J connectivity index is 1.95. The first-order valence-corrected chi connectivity index (χ1v) is 9.29. The SMILES string of the molecule is COCCCc1nc(C(F)(F)Cl)ccc1C(=O)C1C(=O)C2CCC(C2)C1=O. The number of hydrogen-bond donors (Lipinski definition) is 0. The fourth-order valence-corrected chi connectivity index (χ4v) is 4.09. The molecule has 0 N–H and O–H groups in total. The first-order valence-electron chi connectivity index (χ1n) is 8.91. The zero-order chi connectivity index (χ0) is 19.8. The molecule has 3 rings (SSSR count). The lowest BCUT2D eigenvalue weighted by Crippen LogP contribution is -2.41. The minimum absolute atomic E-state index is 0.0313. The van der Waals surface area contributed by atoms with E-state index >= 15 is 0 Å². The molecule has 2 aliphatic carbocycles. The van der Waals surface area contributed by atoms with Gasteiger partial charge in [-0.3, -0.25) is 14.4 Å². The summed E-state index contributed by atoms with van der Waals surface area (Å²) in [4.78, 5) is 42.0. The van der Waals surface area contributed by atoms with E-state index in [-0.39, 0.29) is 41.1 Å². The summed E-state index contributed by atoms with van der Waals surface area (Å²) in [5.41, 5.74) is -0.535. The number of halogens is 3. The number of ketones is 3. The molecule has 1 aromatic heterocycles. The van der Waals surface area contributed by atoms with E-state index in [2.05, 4.69) is 4.98 Å². The Hall–Kier alpha value is -1.73. The van der Waals surface area contributed by atoms with Gasteiger partial charge in [0.25, 0.3) is 0 Å². The quantitative estimate of drug-likeness (QED) is 0.304. The highest BCUT2D eigenvalue weighted by molar-refractivity contribution is 6.26. The molecule has 2 aliphatic rings. The highest BCUT2D eigenvalue weighted by Gasteiger charge is 2.50. The Morgan fingerprint density at radius 3 is 2.44 bits per heavy atom. The topological polar surface area (TPSA) is 73.3 Å². The third kappa shape index (κ3) is 3.94. The van der Waals surface area contributed by atoms with Gasteiger partial charge in [-0.2, -0.15) is 8.78 Å². The summed E-state index contributed by atoms with van der Waals surface area (Å²) in [5, 5.41) is -3.67. The normalized spacial score (nSPS) is 25.1. The lowest BCUT2D eigenvalue weighted by molar-refractivity contribution is -0.137. The third-order valence-electron chi connectivity index (χ3n) is 5.36. The van der Waals surface area contributed by atoms with Crippen molar-refractivity contribution in [3.63, 3.8) is 0 Å². The average Bonchev–Trinajstić information content (AvgIpc) is 3.07. The van der Waals surface area contributed by atoms with E-state index in [0.29, 0.717) is 32.3 Å². The van der Waals surface area contributed by atoms with Gasteiger partial charge in [-0.15, -0.1) is 0 Å². The van der Waals surface area contributed by atoms with Crippen LogP contribution < -0.4 is 0 Å². The minimum Gasteiger partial charge on any atom is -0.385 e. The largest absolute Gasteiger partial charge is 0.385 e. The molecule has 0 radical (unpaired) electrons. The molecule has 2 atom stereocenters. The molecule has 27 heavy (non-hydrogen) atoms. The van der Waals surface area contributed by atoms with Crippen LogP contribution in [0.2, 0.25) is 0 Å². The summed E-state index contributed by atoms with van der Waals surface area (Å²) in [5.74, 6) is -3.23. The monoisotopic (exact) mass is 399 g/mol. The van der Waals surface area contributed by atoms with Crippen LogP contribution in [0.1, 0.15) is 47.4 Å². The van der Waals surface area contributed by atoms with Crippen LogP contribution in [-0.4, -0.2) is 36.1 Å². The highest BCUT2D eigenvalue weighted by atomic mass is 35.5. The van der Waals surface area contributed by atoms with Crippen LogP contribution in [0.3, 0.4) is 0 Å². The fraction of sp³-hybridized carbons (Fsp3) is 0.579. The number of hydrogen-bond acceptors (Lipinski definition) is 5.